The number of anilines is 2. The van der Waals surface area contributed by atoms with Crippen LogP contribution in [0.4, 0.5) is 24.5 Å². The second-order valence-electron chi connectivity index (χ2n) is 4.25. The molecule has 0 spiro atoms. The summed E-state index contributed by atoms with van der Waals surface area (Å²) in [4.78, 5) is -0.157. The Bertz CT molecular complexity index is 768. The Hall–Kier alpha value is -2.23. The lowest BCUT2D eigenvalue weighted by molar-refractivity contribution is -0.136. The molecule has 1 aromatic carbocycles. The lowest BCUT2D eigenvalue weighted by Gasteiger charge is -2.12. The van der Waals surface area contributed by atoms with Crippen molar-refractivity contribution in [1.82, 2.24) is 9.78 Å². The van der Waals surface area contributed by atoms with Gasteiger partial charge in [0.15, 0.2) is 0 Å². The Morgan fingerprint density at radius 3 is 2.52 bits per heavy atom. The van der Waals surface area contributed by atoms with Crippen molar-refractivity contribution in [1.29, 1.82) is 0 Å². The predicted octanol–water partition coefficient (Wildman–Crippen LogP) is 1.82. The number of alkyl halides is 3. The maximum absolute atomic E-state index is 12.7. The van der Waals surface area contributed by atoms with E-state index in [1.807, 2.05) is 0 Å². The minimum absolute atomic E-state index is 0.157. The third kappa shape index (κ3) is 3.27. The van der Waals surface area contributed by atoms with Crippen LogP contribution in [0, 0.1) is 0 Å². The molecule has 114 valence electrons. The van der Waals surface area contributed by atoms with Gasteiger partial charge in [-0.25, -0.2) is 8.42 Å². The van der Waals surface area contributed by atoms with Gasteiger partial charge in [0, 0.05) is 24.6 Å². The number of hydrogen-bond donors (Lipinski definition) is 2. The van der Waals surface area contributed by atoms with E-state index in [-0.39, 0.29) is 10.6 Å². The van der Waals surface area contributed by atoms with Crippen LogP contribution < -0.4 is 10.5 Å². The molecule has 0 atom stereocenters. The van der Waals surface area contributed by atoms with E-state index in [1.54, 1.807) is 0 Å². The lowest BCUT2D eigenvalue weighted by atomic mass is 10.1. The summed E-state index contributed by atoms with van der Waals surface area (Å²) >= 11 is 0. The van der Waals surface area contributed by atoms with Gasteiger partial charge in [-0.05, 0) is 18.2 Å². The molecule has 0 aliphatic heterocycles. The molecule has 3 N–H and O–H groups in total. The highest BCUT2D eigenvalue weighted by molar-refractivity contribution is 7.92. The first-order chi connectivity index (χ1) is 9.59. The van der Waals surface area contributed by atoms with Crippen LogP contribution in [0.2, 0.25) is 0 Å². The number of nitrogens with two attached hydrogens (primary N) is 1. The highest BCUT2D eigenvalue weighted by atomic mass is 32.2. The molecule has 10 heteroatoms. The van der Waals surface area contributed by atoms with Crippen molar-refractivity contribution in [2.24, 2.45) is 7.05 Å². The van der Waals surface area contributed by atoms with Crippen molar-refractivity contribution in [2.45, 2.75) is 11.1 Å². The fourth-order valence-electron chi connectivity index (χ4n) is 1.62. The van der Waals surface area contributed by atoms with Gasteiger partial charge in [-0.1, -0.05) is 0 Å². The Morgan fingerprint density at radius 2 is 2.00 bits per heavy atom. The summed E-state index contributed by atoms with van der Waals surface area (Å²) in [6.45, 7) is 0. The summed E-state index contributed by atoms with van der Waals surface area (Å²) in [6, 6.07) is 2.78. The van der Waals surface area contributed by atoms with Gasteiger partial charge in [0.05, 0.1) is 11.8 Å². The molecule has 0 saturated heterocycles. The molecule has 0 aliphatic rings. The highest BCUT2D eigenvalue weighted by Crippen LogP contribution is 2.35. The molecule has 1 aromatic heterocycles. The topological polar surface area (TPSA) is 90.0 Å². The van der Waals surface area contributed by atoms with E-state index in [1.165, 1.54) is 17.9 Å². The number of nitrogens with zero attached hydrogens (tertiary/aromatic N) is 2. The van der Waals surface area contributed by atoms with Gasteiger partial charge in [0.1, 0.15) is 4.90 Å². The van der Waals surface area contributed by atoms with Gasteiger partial charge in [0.25, 0.3) is 10.0 Å². The fraction of sp³-hybridized carbons (Fsp3) is 0.182. The van der Waals surface area contributed by atoms with E-state index < -0.39 is 27.5 Å². The molecule has 0 radical (unpaired) electrons. The van der Waals surface area contributed by atoms with E-state index in [9.17, 15) is 21.6 Å². The van der Waals surface area contributed by atoms with Crippen LogP contribution in [-0.4, -0.2) is 18.2 Å². The van der Waals surface area contributed by atoms with Crippen molar-refractivity contribution in [3.05, 3.63) is 36.2 Å². The highest BCUT2D eigenvalue weighted by Gasteiger charge is 2.33. The smallest absolute Gasteiger partial charge is 0.398 e. The Morgan fingerprint density at radius 1 is 1.33 bits per heavy atom. The van der Waals surface area contributed by atoms with Gasteiger partial charge < -0.3 is 5.73 Å². The maximum Gasteiger partial charge on any atom is 0.418 e. The van der Waals surface area contributed by atoms with Gasteiger partial charge in [-0.2, -0.15) is 18.3 Å². The molecule has 1 heterocycles. The molecular weight excluding hydrogens is 309 g/mol. The van der Waals surface area contributed by atoms with E-state index in [2.05, 4.69) is 9.82 Å². The van der Waals surface area contributed by atoms with Gasteiger partial charge in [0.2, 0.25) is 0 Å². The number of benzene rings is 1. The third-order valence-electron chi connectivity index (χ3n) is 2.60. The molecule has 6 nitrogen and oxygen atoms in total. The van der Waals surface area contributed by atoms with E-state index in [4.69, 9.17) is 5.73 Å². The largest absolute Gasteiger partial charge is 0.418 e. The van der Waals surface area contributed by atoms with Crippen LogP contribution in [0.5, 0.6) is 0 Å². The number of nitrogens with one attached hydrogen (secondary N) is 1. The van der Waals surface area contributed by atoms with Crippen LogP contribution in [-0.2, 0) is 23.2 Å². The minimum atomic E-state index is -4.67. The second kappa shape index (κ2) is 4.95. The van der Waals surface area contributed by atoms with Crippen LogP contribution in [0.25, 0.3) is 0 Å². The molecule has 2 rings (SSSR count). The number of halogens is 3. The van der Waals surface area contributed by atoms with Crippen LogP contribution in [0.1, 0.15) is 5.56 Å². The zero-order chi connectivity index (χ0) is 15.8. The molecule has 0 fully saturated rings. The standard InChI is InChI=1S/C11H11F3N4O2S/c1-18-6-8(5-16-18)21(19,20)17-7-2-3-10(15)9(4-7)11(12,13)14/h2-6,17H,15H2,1H3. The number of nitrogen functional groups attached to an aromatic ring is 1. The van der Waals surface area contributed by atoms with Gasteiger partial charge in [-0.3, -0.25) is 9.40 Å². The zero-order valence-electron chi connectivity index (χ0n) is 10.7. The number of aromatic nitrogens is 2. The number of hydrogen-bond acceptors (Lipinski definition) is 4. The van der Waals surface area contributed by atoms with Crippen molar-refractivity contribution >= 4 is 21.4 Å². The summed E-state index contributed by atoms with van der Waals surface area (Å²) in [5, 5.41) is 3.69. The van der Waals surface area contributed by atoms with E-state index in [0.29, 0.717) is 6.07 Å². The average Bonchev–Trinajstić information content (AvgIpc) is 2.77. The summed E-state index contributed by atoms with van der Waals surface area (Å²) in [5.74, 6) is 0. The Labute approximate surface area is 118 Å². The summed E-state index contributed by atoms with van der Waals surface area (Å²) in [7, 11) is -2.49. The molecule has 0 saturated carbocycles. The zero-order valence-corrected chi connectivity index (χ0v) is 11.5. The first-order valence-electron chi connectivity index (χ1n) is 5.58. The van der Waals surface area contributed by atoms with Crippen LogP contribution >= 0.6 is 0 Å². The van der Waals surface area contributed by atoms with E-state index >= 15 is 0 Å². The molecule has 0 bridgehead atoms. The SMILES string of the molecule is Cn1cc(S(=O)(=O)Nc2ccc(N)c(C(F)(F)F)c2)cn1. The average molecular weight is 320 g/mol. The van der Waals surface area contributed by atoms with Crippen molar-refractivity contribution in [3.63, 3.8) is 0 Å². The molecule has 0 amide bonds. The third-order valence-corrected chi connectivity index (χ3v) is 3.94. The molecular formula is C11H11F3N4O2S. The lowest BCUT2D eigenvalue weighted by Crippen LogP contribution is -2.14. The Kier molecular flexibility index (Phi) is 3.58. The Balaban J connectivity index is 2.36. The summed E-state index contributed by atoms with van der Waals surface area (Å²) in [6.07, 6.45) is -2.35. The molecule has 0 aliphatic carbocycles. The molecule has 21 heavy (non-hydrogen) atoms. The monoisotopic (exact) mass is 320 g/mol. The molecule has 0 unspecified atom stereocenters. The van der Waals surface area contributed by atoms with E-state index in [0.717, 1.165) is 18.3 Å². The first-order valence-corrected chi connectivity index (χ1v) is 7.06. The fourth-order valence-corrected chi connectivity index (χ4v) is 2.65. The van der Waals surface area contributed by atoms with Crippen molar-refractivity contribution < 1.29 is 21.6 Å². The van der Waals surface area contributed by atoms with Gasteiger partial charge >= 0.3 is 6.18 Å². The normalized spacial score (nSPS) is 12.4. The second-order valence-corrected chi connectivity index (χ2v) is 5.94. The summed E-state index contributed by atoms with van der Waals surface area (Å²) in [5.41, 5.74) is 3.42. The predicted molar refractivity (Wildman–Crippen MR) is 69.9 cm³/mol. The van der Waals surface area contributed by atoms with Crippen LogP contribution in [0.3, 0.4) is 0 Å². The number of aryl methyl sites for hydroxylation is 1. The number of rotatable bonds is 3. The number of sulfonamides is 1. The summed E-state index contributed by atoms with van der Waals surface area (Å²) < 4.78 is 65.4. The molecule has 2 aromatic rings. The van der Waals surface area contributed by atoms with Crippen molar-refractivity contribution in [2.75, 3.05) is 10.5 Å². The maximum atomic E-state index is 12.7. The minimum Gasteiger partial charge on any atom is -0.398 e. The van der Waals surface area contributed by atoms with Gasteiger partial charge in [-0.15, -0.1) is 0 Å². The first kappa shape index (κ1) is 15.2. The quantitative estimate of drug-likeness (QED) is 0.844. The van der Waals surface area contributed by atoms with Crippen molar-refractivity contribution in [3.8, 4) is 0 Å². The van der Waals surface area contributed by atoms with Crippen LogP contribution in [0.15, 0.2) is 35.5 Å².